The molecule has 0 aliphatic carbocycles. The number of carbonyl (C=O) groups excluding carboxylic acids is 1. The number of phenolic OH excluding ortho intramolecular Hbond substituents is 1. The van der Waals surface area contributed by atoms with Crippen LogP contribution in [0.25, 0.3) is 10.8 Å². The standard InChI is InChI=1S/C22H17N5O7S/c28-19-11-10-15(12-18(19)27(31)32)35(33,34)25-23-21(29)20-16-8-4-5-9-17(16)22(30)26(24-20)13-14-6-2-1-3-7-14/h1-12,25,28H,13H2,(H,23,29). The molecule has 0 aliphatic rings. The van der Waals surface area contributed by atoms with Gasteiger partial charge in [0.05, 0.1) is 21.7 Å². The molecular weight excluding hydrogens is 478 g/mol. The third-order valence-electron chi connectivity index (χ3n) is 5.01. The Kier molecular flexibility index (Phi) is 6.27. The van der Waals surface area contributed by atoms with Crippen LogP contribution in [0.2, 0.25) is 0 Å². The lowest BCUT2D eigenvalue weighted by Gasteiger charge is -2.12. The van der Waals surface area contributed by atoms with Crippen LogP contribution in [0, 0.1) is 10.1 Å². The molecule has 4 aromatic rings. The van der Waals surface area contributed by atoms with Crippen LogP contribution >= 0.6 is 0 Å². The van der Waals surface area contributed by atoms with E-state index >= 15 is 0 Å². The lowest BCUT2D eigenvalue weighted by Crippen LogP contribution is -2.42. The maximum atomic E-state index is 12.9. The summed E-state index contributed by atoms with van der Waals surface area (Å²) in [4.78, 5) is 37.2. The molecule has 0 atom stereocenters. The number of aromatic nitrogens is 2. The van der Waals surface area contributed by atoms with Gasteiger partial charge in [-0.25, -0.2) is 13.1 Å². The lowest BCUT2D eigenvalue weighted by molar-refractivity contribution is -0.386. The Labute approximate surface area is 197 Å². The number of phenols is 1. The number of amides is 1. The fourth-order valence-corrected chi connectivity index (χ4v) is 4.17. The number of hydrogen-bond acceptors (Lipinski definition) is 8. The highest BCUT2D eigenvalue weighted by Crippen LogP contribution is 2.28. The minimum Gasteiger partial charge on any atom is -0.502 e. The first kappa shape index (κ1) is 23.5. The van der Waals surface area contributed by atoms with Gasteiger partial charge in [-0.1, -0.05) is 48.5 Å². The lowest BCUT2D eigenvalue weighted by atomic mass is 10.1. The maximum absolute atomic E-state index is 12.9. The molecule has 4 rings (SSSR count). The Balaban J connectivity index is 1.66. The third kappa shape index (κ3) is 4.85. The molecule has 0 fully saturated rings. The minimum atomic E-state index is -4.45. The molecule has 0 bridgehead atoms. The number of nitro benzene ring substituents is 1. The Morgan fingerprint density at radius 1 is 1.03 bits per heavy atom. The molecule has 0 saturated heterocycles. The number of carbonyl (C=O) groups is 1. The number of hydrazine groups is 1. The van der Waals surface area contributed by atoms with E-state index in [2.05, 4.69) is 5.10 Å². The molecule has 1 heterocycles. The van der Waals surface area contributed by atoms with E-state index in [0.717, 1.165) is 22.4 Å². The molecule has 0 aliphatic heterocycles. The second-order valence-electron chi connectivity index (χ2n) is 7.31. The van der Waals surface area contributed by atoms with E-state index in [1.807, 2.05) is 16.3 Å². The third-order valence-corrected chi connectivity index (χ3v) is 6.26. The summed E-state index contributed by atoms with van der Waals surface area (Å²) in [5.74, 6) is -1.67. The largest absolute Gasteiger partial charge is 0.502 e. The van der Waals surface area contributed by atoms with Gasteiger partial charge in [-0.2, -0.15) is 5.10 Å². The van der Waals surface area contributed by atoms with Gasteiger partial charge in [0.15, 0.2) is 11.4 Å². The number of nitro groups is 1. The summed E-state index contributed by atoms with van der Waals surface area (Å²) in [6.07, 6.45) is 0. The van der Waals surface area contributed by atoms with Gasteiger partial charge in [-0.3, -0.25) is 25.1 Å². The van der Waals surface area contributed by atoms with Gasteiger partial charge in [-0.05, 0) is 23.8 Å². The van der Waals surface area contributed by atoms with E-state index in [9.17, 15) is 33.2 Å². The highest BCUT2D eigenvalue weighted by Gasteiger charge is 2.23. The number of nitrogens with zero attached hydrogens (tertiary/aromatic N) is 3. The Hall–Kier alpha value is -4.62. The van der Waals surface area contributed by atoms with Crippen molar-refractivity contribution < 1.29 is 23.2 Å². The normalized spacial score (nSPS) is 11.3. The second-order valence-corrected chi connectivity index (χ2v) is 8.99. The van der Waals surface area contributed by atoms with Gasteiger partial charge in [0.25, 0.3) is 21.5 Å². The summed E-state index contributed by atoms with van der Waals surface area (Å²) >= 11 is 0. The number of benzene rings is 3. The predicted molar refractivity (Wildman–Crippen MR) is 124 cm³/mol. The topological polar surface area (TPSA) is 174 Å². The molecule has 13 heteroatoms. The smallest absolute Gasteiger partial charge is 0.312 e. The zero-order chi connectivity index (χ0) is 25.2. The molecule has 178 valence electrons. The van der Waals surface area contributed by atoms with Crippen molar-refractivity contribution in [1.82, 2.24) is 20.0 Å². The fraction of sp³-hybridized carbons (Fsp3) is 0.0455. The summed E-state index contributed by atoms with van der Waals surface area (Å²) in [6.45, 7) is 0.0771. The first-order valence-corrected chi connectivity index (χ1v) is 11.5. The van der Waals surface area contributed by atoms with Crippen molar-refractivity contribution in [2.75, 3.05) is 0 Å². The van der Waals surface area contributed by atoms with Crippen LogP contribution in [-0.2, 0) is 16.6 Å². The Bertz CT molecular complexity index is 1620. The zero-order valence-electron chi connectivity index (χ0n) is 17.8. The van der Waals surface area contributed by atoms with Crippen LogP contribution in [0.1, 0.15) is 16.1 Å². The molecule has 3 N–H and O–H groups in total. The number of aromatic hydroxyl groups is 1. The zero-order valence-corrected chi connectivity index (χ0v) is 18.6. The summed E-state index contributed by atoms with van der Waals surface area (Å²) < 4.78 is 26.3. The summed E-state index contributed by atoms with van der Waals surface area (Å²) in [5, 5.41) is 25.1. The molecule has 1 amide bonds. The highest BCUT2D eigenvalue weighted by molar-refractivity contribution is 7.89. The molecule has 1 aromatic heterocycles. The van der Waals surface area contributed by atoms with Crippen LogP contribution < -0.4 is 15.8 Å². The SMILES string of the molecule is O=C(NNS(=O)(=O)c1ccc(O)c([N+](=O)[O-])c1)c1nn(Cc2ccccc2)c(=O)c2ccccc12. The van der Waals surface area contributed by atoms with E-state index in [0.29, 0.717) is 6.07 Å². The quantitative estimate of drug-likeness (QED) is 0.256. The average Bonchev–Trinajstić information content (AvgIpc) is 2.85. The van der Waals surface area contributed by atoms with Gasteiger partial charge in [0.2, 0.25) is 0 Å². The monoisotopic (exact) mass is 495 g/mol. The Morgan fingerprint density at radius 3 is 2.37 bits per heavy atom. The Morgan fingerprint density at radius 2 is 1.69 bits per heavy atom. The predicted octanol–water partition coefficient (Wildman–Crippen LogP) is 1.68. The van der Waals surface area contributed by atoms with E-state index < -0.39 is 42.7 Å². The van der Waals surface area contributed by atoms with Crippen molar-refractivity contribution in [3.05, 3.63) is 105 Å². The van der Waals surface area contributed by atoms with Crippen molar-refractivity contribution in [3.8, 4) is 5.75 Å². The molecule has 35 heavy (non-hydrogen) atoms. The van der Waals surface area contributed by atoms with Crippen LogP contribution in [-0.4, -0.2) is 34.1 Å². The van der Waals surface area contributed by atoms with Crippen LogP contribution in [0.15, 0.2) is 82.5 Å². The van der Waals surface area contributed by atoms with E-state index in [4.69, 9.17) is 0 Å². The maximum Gasteiger partial charge on any atom is 0.312 e. The van der Waals surface area contributed by atoms with Gasteiger partial charge in [0.1, 0.15) is 0 Å². The first-order chi connectivity index (χ1) is 16.7. The van der Waals surface area contributed by atoms with Crippen molar-refractivity contribution in [1.29, 1.82) is 0 Å². The van der Waals surface area contributed by atoms with Gasteiger partial charge in [0, 0.05) is 11.5 Å². The number of nitrogens with one attached hydrogen (secondary N) is 2. The second kappa shape index (κ2) is 9.32. The summed E-state index contributed by atoms with van der Waals surface area (Å²) in [5.41, 5.74) is 1.31. The van der Waals surface area contributed by atoms with Crippen molar-refractivity contribution in [2.24, 2.45) is 0 Å². The van der Waals surface area contributed by atoms with Crippen molar-refractivity contribution in [2.45, 2.75) is 11.4 Å². The van der Waals surface area contributed by atoms with E-state index in [1.54, 1.807) is 36.4 Å². The molecular formula is C22H17N5O7S. The summed E-state index contributed by atoms with van der Waals surface area (Å²) in [6, 6.07) is 17.6. The molecule has 0 unspecified atom stereocenters. The number of fused-ring (bicyclic) bond motifs is 1. The number of hydrogen-bond donors (Lipinski definition) is 3. The van der Waals surface area contributed by atoms with Crippen LogP contribution in [0.4, 0.5) is 5.69 Å². The molecule has 0 saturated carbocycles. The van der Waals surface area contributed by atoms with Crippen LogP contribution in [0.5, 0.6) is 5.75 Å². The van der Waals surface area contributed by atoms with Crippen LogP contribution in [0.3, 0.4) is 0 Å². The van der Waals surface area contributed by atoms with E-state index in [1.165, 1.54) is 12.1 Å². The molecule has 0 spiro atoms. The van der Waals surface area contributed by atoms with Crippen molar-refractivity contribution >= 4 is 32.4 Å². The minimum absolute atomic E-state index is 0.0771. The summed E-state index contributed by atoms with van der Waals surface area (Å²) in [7, 11) is -4.45. The van der Waals surface area contributed by atoms with Gasteiger partial charge in [-0.15, -0.1) is 4.83 Å². The van der Waals surface area contributed by atoms with E-state index in [-0.39, 0.29) is 23.0 Å². The van der Waals surface area contributed by atoms with Gasteiger partial charge < -0.3 is 5.11 Å². The molecule has 0 radical (unpaired) electrons. The van der Waals surface area contributed by atoms with Gasteiger partial charge >= 0.3 is 5.69 Å². The number of rotatable bonds is 7. The highest BCUT2D eigenvalue weighted by atomic mass is 32.2. The number of sulfonamides is 1. The molecule has 3 aromatic carbocycles. The molecule has 12 nitrogen and oxygen atoms in total. The van der Waals surface area contributed by atoms with Crippen molar-refractivity contribution in [3.63, 3.8) is 0 Å². The first-order valence-electron chi connectivity index (χ1n) is 10.0. The fourth-order valence-electron chi connectivity index (χ4n) is 3.31. The average molecular weight is 495 g/mol.